The van der Waals surface area contributed by atoms with E-state index in [4.69, 9.17) is 4.74 Å². The lowest BCUT2D eigenvalue weighted by molar-refractivity contribution is -0.145. The van der Waals surface area contributed by atoms with E-state index in [9.17, 15) is 19.5 Å². The molecule has 0 saturated carbocycles. The largest absolute Gasteiger partial charge is 0.507 e. The molecule has 3 aromatic rings. The van der Waals surface area contributed by atoms with Crippen molar-refractivity contribution in [2.45, 2.75) is 12.5 Å². The number of nitrogens with one attached hydrogen (secondary N) is 1. The highest BCUT2D eigenvalue weighted by Gasteiger charge is 2.44. The van der Waals surface area contributed by atoms with Gasteiger partial charge in [-0.1, -0.05) is 24.3 Å². The van der Waals surface area contributed by atoms with Crippen LogP contribution in [0, 0.1) is 0 Å². The third-order valence-electron chi connectivity index (χ3n) is 4.80. The molecule has 7 heteroatoms. The van der Waals surface area contributed by atoms with Crippen LogP contribution in [0.1, 0.15) is 26.3 Å². The van der Waals surface area contributed by atoms with Crippen molar-refractivity contribution in [3.05, 3.63) is 65.4 Å². The number of phenolic OH excluding ortho intramolecular Hbond substituents is 1. The average Bonchev–Trinajstić information content (AvgIpc) is 3.19. The number of benzene rings is 2. The number of carbonyl (C=O) groups excluding carboxylic acids is 3. The van der Waals surface area contributed by atoms with E-state index in [0.717, 1.165) is 21.4 Å². The first-order chi connectivity index (χ1) is 13.0. The highest BCUT2D eigenvalue weighted by atomic mass is 16.5. The van der Waals surface area contributed by atoms with Gasteiger partial charge in [-0.05, 0) is 23.8 Å². The fourth-order valence-electron chi connectivity index (χ4n) is 3.49. The van der Waals surface area contributed by atoms with Crippen LogP contribution in [0.5, 0.6) is 5.75 Å². The van der Waals surface area contributed by atoms with Crippen molar-refractivity contribution in [3.8, 4) is 5.75 Å². The Morgan fingerprint density at radius 3 is 2.67 bits per heavy atom. The van der Waals surface area contributed by atoms with Crippen LogP contribution < -0.4 is 0 Å². The van der Waals surface area contributed by atoms with Gasteiger partial charge in [0.15, 0.2) is 0 Å². The third-order valence-corrected chi connectivity index (χ3v) is 4.80. The Morgan fingerprint density at radius 1 is 1.15 bits per heavy atom. The van der Waals surface area contributed by atoms with Gasteiger partial charge in [-0.15, -0.1) is 0 Å². The normalized spacial score (nSPS) is 14.5. The summed E-state index contributed by atoms with van der Waals surface area (Å²) in [7, 11) is 1.21. The molecule has 1 aromatic heterocycles. The van der Waals surface area contributed by atoms with Crippen molar-refractivity contribution in [2.75, 3.05) is 7.11 Å². The van der Waals surface area contributed by atoms with Crippen LogP contribution in [0.2, 0.25) is 0 Å². The number of H-pyrrole nitrogens is 1. The van der Waals surface area contributed by atoms with E-state index in [1.165, 1.54) is 25.3 Å². The smallest absolute Gasteiger partial charge is 0.329 e. The maximum atomic E-state index is 12.8. The number of aromatic hydroxyl groups is 1. The number of hydrogen-bond donors (Lipinski definition) is 2. The summed E-state index contributed by atoms with van der Waals surface area (Å²) in [5.41, 5.74) is 1.65. The van der Waals surface area contributed by atoms with Crippen molar-refractivity contribution in [1.29, 1.82) is 0 Å². The molecule has 27 heavy (non-hydrogen) atoms. The van der Waals surface area contributed by atoms with Gasteiger partial charge in [-0.3, -0.25) is 14.5 Å². The number of imide groups is 1. The molecule has 2 N–H and O–H groups in total. The number of carbonyl (C=O) groups is 3. The topological polar surface area (TPSA) is 99.7 Å². The van der Waals surface area contributed by atoms with Gasteiger partial charge in [0.25, 0.3) is 11.8 Å². The molecule has 0 fully saturated rings. The highest BCUT2D eigenvalue weighted by molar-refractivity contribution is 6.23. The quantitative estimate of drug-likeness (QED) is 0.546. The summed E-state index contributed by atoms with van der Waals surface area (Å²) in [6, 6.07) is 10.7. The zero-order valence-electron chi connectivity index (χ0n) is 14.4. The van der Waals surface area contributed by atoms with Crippen LogP contribution in [0.15, 0.2) is 48.7 Å². The number of nitrogens with zero attached hydrogens (tertiary/aromatic N) is 1. The molecular weight excluding hydrogens is 348 g/mol. The number of para-hydroxylation sites is 1. The fourth-order valence-corrected chi connectivity index (χ4v) is 3.49. The predicted octanol–water partition coefficient (Wildman–Crippen LogP) is 2.25. The Balaban J connectivity index is 1.76. The van der Waals surface area contributed by atoms with Crippen molar-refractivity contribution < 1.29 is 24.2 Å². The van der Waals surface area contributed by atoms with Gasteiger partial charge < -0.3 is 14.8 Å². The molecular formula is C20H16N2O5. The van der Waals surface area contributed by atoms with Crippen LogP contribution in [-0.4, -0.2) is 45.9 Å². The second kappa shape index (κ2) is 6.28. The molecule has 2 amide bonds. The zero-order chi connectivity index (χ0) is 19.1. The molecule has 0 bridgehead atoms. The molecule has 0 aliphatic carbocycles. The first kappa shape index (κ1) is 16.8. The van der Waals surface area contributed by atoms with E-state index in [1.807, 2.05) is 24.3 Å². The molecule has 1 atom stereocenters. The lowest BCUT2D eigenvalue weighted by Gasteiger charge is -2.23. The minimum Gasteiger partial charge on any atom is -0.507 e. The Labute approximate surface area is 154 Å². The summed E-state index contributed by atoms with van der Waals surface area (Å²) in [5.74, 6) is -2.32. The van der Waals surface area contributed by atoms with Crippen LogP contribution in [0.25, 0.3) is 10.9 Å². The number of aromatic amines is 1. The summed E-state index contributed by atoms with van der Waals surface area (Å²) in [4.78, 5) is 42.0. The minimum absolute atomic E-state index is 0.0767. The van der Waals surface area contributed by atoms with Crippen LogP contribution in [-0.2, 0) is 16.0 Å². The molecule has 0 saturated heterocycles. The number of esters is 1. The number of hydrogen-bond acceptors (Lipinski definition) is 5. The van der Waals surface area contributed by atoms with Crippen LogP contribution in [0.3, 0.4) is 0 Å². The summed E-state index contributed by atoms with van der Waals surface area (Å²) < 4.78 is 4.85. The Bertz CT molecular complexity index is 1080. The predicted molar refractivity (Wildman–Crippen MR) is 96.4 cm³/mol. The maximum absolute atomic E-state index is 12.8. The summed E-state index contributed by atoms with van der Waals surface area (Å²) in [6.07, 6.45) is 1.85. The average molecular weight is 364 g/mol. The molecule has 7 nitrogen and oxygen atoms in total. The monoisotopic (exact) mass is 364 g/mol. The standard InChI is InChI=1S/C20H16N2O5/c1-27-20(26)15(9-11-10-21-14-7-3-2-5-12(11)14)22-18(24)13-6-4-8-16(23)17(13)19(22)25/h2-8,10,15,21,23H,9H2,1H3/t15-/m0/s1. The van der Waals surface area contributed by atoms with Gasteiger partial charge in [-0.2, -0.15) is 0 Å². The number of amides is 2. The van der Waals surface area contributed by atoms with E-state index in [-0.39, 0.29) is 23.3 Å². The third kappa shape index (κ3) is 2.55. The van der Waals surface area contributed by atoms with E-state index >= 15 is 0 Å². The molecule has 2 heterocycles. The Hall–Kier alpha value is -3.61. The van der Waals surface area contributed by atoms with Crippen LogP contribution >= 0.6 is 0 Å². The Morgan fingerprint density at radius 2 is 1.93 bits per heavy atom. The summed E-state index contributed by atoms with van der Waals surface area (Å²) in [5, 5.41) is 10.9. The van der Waals surface area contributed by atoms with Gasteiger partial charge in [0.2, 0.25) is 0 Å². The van der Waals surface area contributed by atoms with E-state index in [1.54, 1.807) is 6.20 Å². The number of rotatable bonds is 4. The fraction of sp³-hybridized carbons (Fsp3) is 0.150. The maximum Gasteiger partial charge on any atom is 0.329 e. The second-order valence-corrected chi connectivity index (χ2v) is 6.28. The molecule has 2 aromatic carbocycles. The van der Waals surface area contributed by atoms with E-state index < -0.39 is 23.8 Å². The zero-order valence-corrected chi connectivity index (χ0v) is 14.4. The molecule has 4 rings (SSSR count). The van der Waals surface area contributed by atoms with E-state index in [0.29, 0.717) is 0 Å². The summed E-state index contributed by atoms with van der Waals surface area (Å²) >= 11 is 0. The highest BCUT2D eigenvalue weighted by Crippen LogP contribution is 2.32. The number of aromatic nitrogens is 1. The van der Waals surface area contributed by atoms with Gasteiger partial charge in [0.1, 0.15) is 11.8 Å². The van der Waals surface area contributed by atoms with Crippen molar-refractivity contribution >= 4 is 28.7 Å². The number of methoxy groups -OCH3 is 1. The first-order valence-corrected chi connectivity index (χ1v) is 8.35. The summed E-state index contributed by atoms with van der Waals surface area (Å²) in [6.45, 7) is 0. The van der Waals surface area contributed by atoms with Crippen molar-refractivity contribution in [3.63, 3.8) is 0 Å². The Kier molecular flexibility index (Phi) is 3.92. The van der Waals surface area contributed by atoms with Gasteiger partial charge in [0.05, 0.1) is 18.2 Å². The van der Waals surface area contributed by atoms with Gasteiger partial charge in [-0.25, -0.2) is 4.79 Å². The van der Waals surface area contributed by atoms with E-state index in [2.05, 4.69) is 4.98 Å². The SMILES string of the molecule is COC(=O)[C@H](Cc1c[nH]c2ccccc12)N1C(=O)c2cccc(O)c2C1=O. The molecule has 1 aliphatic rings. The second-order valence-electron chi connectivity index (χ2n) is 6.28. The molecule has 136 valence electrons. The van der Waals surface area contributed by atoms with Crippen molar-refractivity contribution in [2.24, 2.45) is 0 Å². The van der Waals surface area contributed by atoms with Crippen LogP contribution in [0.4, 0.5) is 0 Å². The molecule has 1 aliphatic heterocycles. The number of fused-ring (bicyclic) bond motifs is 2. The number of ether oxygens (including phenoxy) is 1. The lowest BCUT2D eigenvalue weighted by Crippen LogP contribution is -2.46. The van der Waals surface area contributed by atoms with Crippen molar-refractivity contribution in [1.82, 2.24) is 9.88 Å². The lowest BCUT2D eigenvalue weighted by atomic mass is 10.0. The first-order valence-electron chi connectivity index (χ1n) is 8.35. The molecule has 0 spiro atoms. The minimum atomic E-state index is -1.14. The molecule has 0 unspecified atom stereocenters. The number of phenols is 1. The van der Waals surface area contributed by atoms with Gasteiger partial charge >= 0.3 is 5.97 Å². The van der Waals surface area contributed by atoms with Gasteiger partial charge in [0, 0.05) is 23.5 Å². The molecule has 0 radical (unpaired) electrons.